The van der Waals surface area contributed by atoms with Crippen LogP contribution in [0.2, 0.25) is 0 Å². The molecule has 0 saturated heterocycles. The normalized spacial score (nSPS) is 10.1. The Morgan fingerprint density at radius 2 is 1.74 bits per heavy atom. The fraction of sp³-hybridized carbons (Fsp3) is 0.118. The number of ether oxygens (including phenoxy) is 1. The molecule has 1 amide bonds. The zero-order valence-electron chi connectivity index (χ0n) is 12.6. The van der Waals surface area contributed by atoms with Crippen molar-refractivity contribution in [1.82, 2.24) is 4.72 Å². The van der Waals surface area contributed by atoms with Gasteiger partial charge in [-0.3, -0.25) is 9.52 Å². The molecule has 2 aromatic carbocycles. The van der Waals surface area contributed by atoms with E-state index in [1.165, 1.54) is 12.1 Å². The van der Waals surface area contributed by atoms with Gasteiger partial charge < -0.3 is 4.74 Å². The second-order valence-corrected chi connectivity index (χ2v) is 5.86. The average Bonchev–Trinajstić information content (AvgIpc) is 2.49. The standard InChI is InChI=1S/C17H15F2NO2S/c1-11(2)7-12-8-15(18)17(16(19)9-12)22-13-3-5-14(6-4-13)23-20-10-21/h3-10H,1-2H3,(H,20,21). The second-order valence-electron chi connectivity index (χ2n) is 4.95. The predicted octanol–water partition coefficient (Wildman–Crippen LogP) is 4.93. The summed E-state index contributed by atoms with van der Waals surface area (Å²) < 4.78 is 35.8. The highest BCUT2D eigenvalue weighted by atomic mass is 32.2. The molecule has 0 fully saturated rings. The molecule has 0 radical (unpaired) electrons. The highest BCUT2D eigenvalue weighted by Gasteiger charge is 2.13. The van der Waals surface area contributed by atoms with E-state index in [-0.39, 0.29) is 0 Å². The van der Waals surface area contributed by atoms with E-state index in [9.17, 15) is 13.6 Å². The average molecular weight is 335 g/mol. The lowest BCUT2D eigenvalue weighted by molar-refractivity contribution is -0.107. The number of nitrogens with one attached hydrogen (secondary N) is 1. The Bertz CT molecular complexity index is 703. The van der Waals surface area contributed by atoms with Gasteiger partial charge in [-0.05, 0) is 67.8 Å². The van der Waals surface area contributed by atoms with Gasteiger partial charge in [0.15, 0.2) is 17.4 Å². The number of amides is 1. The van der Waals surface area contributed by atoms with Crippen LogP contribution in [-0.4, -0.2) is 6.41 Å². The van der Waals surface area contributed by atoms with E-state index in [4.69, 9.17) is 4.74 Å². The molecule has 120 valence electrons. The van der Waals surface area contributed by atoms with E-state index < -0.39 is 17.4 Å². The predicted molar refractivity (Wildman–Crippen MR) is 87.3 cm³/mol. The molecule has 0 aliphatic rings. The van der Waals surface area contributed by atoms with Crippen LogP contribution >= 0.6 is 11.9 Å². The molecular weight excluding hydrogens is 320 g/mol. The summed E-state index contributed by atoms with van der Waals surface area (Å²) in [6, 6.07) is 8.93. The molecule has 23 heavy (non-hydrogen) atoms. The van der Waals surface area contributed by atoms with Gasteiger partial charge in [0.2, 0.25) is 6.41 Å². The molecular formula is C17H15F2NO2S. The van der Waals surface area contributed by atoms with Gasteiger partial charge in [-0.15, -0.1) is 0 Å². The molecule has 0 aliphatic carbocycles. The molecule has 0 heterocycles. The van der Waals surface area contributed by atoms with Crippen molar-refractivity contribution >= 4 is 24.4 Å². The number of carbonyl (C=O) groups excluding carboxylic acids is 1. The summed E-state index contributed by atoms with van der Waals surface area (Å²) in [4.78, 5) is 11.0. The third kappa shape index (κ3) is 4.82. The molecule has 6 heteroatoms. The van der Waals surface area contributed by atoms with E-state index in [1.54, 1.807) is 30.3 Å². The highest BCUT2D eigenvalue weighted by Crippen LogP contribution is 2.30. The van der Waals surface area contributed by atoms with Crippen LogP contribution < -0.4 is 9.46 Å². The lowest BCUT2D eigenvalue weighted by atomic mass is 10.1. The van der Waals surface area contributed by atoms with Crippen molar-refractivity contribution in [3.63, 3.8) is 0 Å². The van der Waals surface area contributed by atoms with Crippen LogP contribution in [0.15, 0.2) is 46.9 Å². The van der Waals surface area contributed by atoms with Crippen LogP contribution in [0.4, 0.5) is 8.78 Å². The Balaban J connectivity index is 2.19. The van der Waals surface area contributed by atoms with E-state index >= 15 is 0 Å². The number of hydrogen-bond donors (Lipinski definition) is 1. The molecule has 0 unspecified atom stereocenters. The largest absolute Gasteiger partial charge is 0.451 e. The third-order valence-electron chi connectivity index (χ3n) is 2.74. The summed E-state index contributed by atoms with van der Waals surface area (Å²) in [7, 11) is 0. The first-order valence-electron chi connectivity index (χ1n) is 6.77. The molecule has 1 N–H and O–H groups in total. The third-order valence-corrected chi connectivity index (χ3v) is 3.47. The number of rotatable bonds is 6. The van der Waals surface area contributed by atoms with Crippen LogP contribution in [0.1, 0.15) is 19.4 Å². The van der Waals surface area contributed by atoms with Gasteiger partial charge in [0.05, 0.1) is 0 Å². The maximum atomic E-state index is 14.0. The van der Waals surface area contributed by atoms with Crippen LogP contribution in [0.3, 0.4) is 0 Å². The summed E-state index contributed by atoms with van der Waals surface area (Å²) in [5.41, 5.74) is 1.38. The molecule has 0 aromatic heterocycles. The Morgan fingerprint density at radius 1 is 1.13 bits per heavy atom. The van der Waals surface area contributed by atoms with Gasteiger partial charge >= 0.3 is 0 Å². The van der Waals surface area contributed by atoms with E-state index in [0.717, 1.165) is 22.4 Å². The Kier molecular flexibility index (Phi) is 5.76. The van der Waals surface area contributed by atoms with Gasteiger partial charge in [0.1, 0.15) is 5.75 Å². The summed E-state index contributed by atoms with van der Waals surface area (Å²) in [5, 5.41) is 0. The van der Waals surface area contributed by atoms with Gasteiger partial charge in [-0.25, -0.2) is 8.78 Å². The minimum absolute atomic E-state index is 0.299. The fourth-order valence-electron chi connectivity index (χ4n) is 1.88. The van der Waals surface area contributed by atoms with Crippen molar-refractivity contribution in [2.75, 3.05) is 0 Å². The zero-order chi connectivity index (χ0) is 16.8. The Labute approximate surface area is 137 Å². The number of allylic oxidation sites excluding steroid dienone is 1. The van der Waals surface area contributed by atoms with E-state index in [0.29, 0.717) is 17.7 Å². The molecule has 0 spiro atoms. The summed E-state index contributed by atoms with van der Waals surface area (Å²) in [5.74, 6) is -1.67. The second kappa shape index (κ2) is 7.78. The van der Waals surface area contributed by atoms with Crippen molar-refractivity contribution in [2.24, 2.45) is 0 Å². The summed E-state index contributed by atoms with van der Waals surface area (Å²) >= 11 is 1.12. The molecule has 3 nitrogen and oxygen atoms in total. The fourth-order valence-corrected chi connectivity index (χ4v) is 2.34. The van der Waals surface area contributed by atoms with Crippen molar-refractivity contribution in [3.05, 3.63) is 59.2 Å². The molecule has 0 saturated carbocycles. The molecule has 0 aliphatic heterocycles. The van der Waals surface area contributed by atoms with E-state index in [2.05, 4.69) is 4.72 Å². The van der Waals surface area contributed by atoms with Gasteiger partial charge in [0, 0.05) is 4.90 Å². The van der Waals surface area contributed by atoms with Crippen molar-refractivity contribution in [2.45, 2.75) is 18.7 Å². The molecule has 0 bridgehead atoms. The molecule has 2 aromatic rings. The van der Waals surface area contributed by atoms with Crippen LogP contribution in [0, 0.1) is 11.6 Å². The topological polar surface area (TPSA) is 38.3 Å². The van der Waals surface area contributed by atoms with Crippen molar-refractivity contribution < 1.29 is 18.3 Å². The zero-order valence-corrected chi connectivity index (χ0v) is 13.4. The van der Waals surface area contributed by atoms with E-state index in [1.807, 2.05) is 13.8 Å². The lowest BCUT2D eigenvalue weighted by Gasteiger charge is -2.09. The monoisotopic (exact) mass is 335 g/mol. The minimum atomic E-state index is -0.765. The molecule has 0 atom stereocenters. The van der Waals surface area contributed by atoms with Gasteiger partial charge in [0.25, 0.3) is 0 Å². The maximum Gasteiger partial charge on any atom is 0.217 e. The van der Waals surface area contributed by atoms with Gasteiger partial charge in [-0.2, -0.15) is 0 Å². The maximum absolute atomic E-state index is 14.0. The first-order valence-corrected chi connectivity index (χ1v) is 7.59. The summed E-state index contributed by atoms with van der Waals surface area (Å²) in [6.07, 6.45) is 2.25. The number of carbonyl (C=O) groups is 1. The van der Waals surface area contributed by atoms with Crippen molar-refractivity contribution in [1.29, 1.82) is 0 Å². The SMILES string of the molecule is CC(C)=Cc1cc(F)c(Oc2ccc(SNC=O)cc2)c(F)c1. The van der Waals surface area contributed by atoms with Crippen LogP contribution in [0.25, 0.3) is 6.08 Å². The van der Waals surface area contributed by atoms with Crippen LogP contribution in [-0.2, 0) is 4.79 Å². The molecule has 2 rings (SSSR count). The smallest absolute Gasteiger partial charge is 0.217 e. The van der Waals surface area contributed by atoms with Gasteiger partial charge in [-0.1, -0.05) is 11.6 Å². The quantitative estimate of drug-likeness (QED) is 0.601. The Hall–Kier alpha value is -2.34. The minimum Gasteiger partial charge on any atom is -0.451 e. The van der Waals surface area contributed by atoms with Crippen molar-refractivity contribution in [3.8, 4) is 11.5 Å². The summed E-state index contributed by atoms with van der Waals surface area (Å²) in [6.45, 7) is 3.69. The number of hydrogen-bond acceptors (Lipinski definition) is 3. The number of halogens is 2. The highest BCUT2D eigenvalue weighted by molar-refractivity contribution is 7.97. The Morgan fingerprint density at radius 3 is 2.26 bits per heavy atom. The van der Waals surface area contributed by atoms with Crippen LogP contribution in [0.5, 0.6) is 11.5 Å². The first kappa shape index (κ1) is 17.0. The lowest BCUT2D eigenvalue weighted by Crippen LogP contribution is -1.97. The first-order chi connectivity index (χ1) is 11.0. The number of benzene rings is 2.